The Bertz CT molecular complexity index is 191. The minimum absolute atomic E-state index is 0.0128. The summed E-state index contributed by atoms with van der Waals surface area (Å²) in [6.07, 6.45) is -0.0128. The second kappa shape index (κ2) is 4.58. The standard InChI is InChI=1S/C9H19N3O/c1-7(2)12-4-5-13-8(6-12)9(10)11-3/h7-8H,4-6H2,1-3H3,(H2,10,11). The highest BCUT2D eigenvalue weighted by Crippen LogP contribution is 2.08. The van der Waals surface area contributed by atoms with Gasteiger partial charge in [-0.25, -0.2) is 0 Å². The van der Waals surface area contributed by atoms with Crippen molar-refractivity contribution in [3.8, 4) is 0 Å². The summed E-state index contributed by atoms with van der Waals surface area (Å²) in [5, 5.41) is 0. The molecule has 1 rings (SSSR count). The molecule has 0 aromatic heterocycles. The number of nitrogens with zero attached hydrogens (tertiary/aromatic N) is 2. The van der Waals surface area contributed by atoms with Crippen molar-refractivity contribution in [3.63, 3.8) is 0 Å². The summed E-state index contributed by atoms with van der Waals surface area (Å²) in [6.45, 7) is 6.97. The van der Waals surface area contributed by atoms with E-state index in [0.717, 1.165) is 19.7 Å². The van der Waals surface area contributed by atoms with Gasteiger partial charge in [-0.1, -0.05) is 0 Å². The maximum Gasteiger partial charge on any atom is 0.127 e. The summed E-state index contributed by atoms with van der Waals surface area (Å²) >= 11 is 0. The molecule has 0 aromatic carbocycles. The van der Waals surface area contributed by atoms with Gasteiger partial charge in [0.15, 0.2) is 0 Å². The number of hydrogen-bond donors (Lipinski definition) is 1. The highest BCUT2D eigenvalue weighted by Gasteiger charge is 2.24. The Morgan fingerprint density at radius 3 is 2.85 bits per heavy atom. The summed E-state index contributed by atoms with van der Waals surface area (Å²) in [5.74, 6) is 0.602. The number of amidine groups is 1. The lowest BCUT2D eigenvalue weighted by molar-refractivity contribution is -0.00610. The van der Waals surface area contributed by atoms with Gasteiger partial charge >= 0.3 is 0 Å². The van der Waals surface area contributed by atoms with E-state index in [0.29, 0.717) is 11.9 Å². The lowest BCUT2D eigenvalue weighted by atomic mass is 10.2. The summed E-state index contributed by atoms with van der Waals surface area (Å²) in [7, 11) is 1.70. The molecule has 0 amide bonds. The van der Waals surface area contributed by atoms with Gasteiger partial charge in [0.1, 0.15) is 11.9 Å². The maximum atomic E-state index is 5.71. The molecule has 0 radical (unpaired) electrons. The number of hydrogen-bond acceptors (Lipinski definition) is 3. The smallest absolute Gasteiger partial charge is 0.127 e. The van der Waals surface area contributed by atoms with Gasteiger partial charge in [-0.15, -0.1) is 0 Å². The fourth-order valence-corrected chi connectivity index (χ4v) is 1.46. The summed E-state index contributed by atoms with van der Waals surface area (Å²) < 4.78 is 5.51. The largest absolute Gasteiger partial charge is 0.385 e. The van der Waals surface area contributed by atoms with Gasteiger partial charge in [0.05, 0.1) is 6.61 Å². The number of aliphatic imine (C=N–C) groups is 1. The highest BCUT2D eigenvalue weighted by molar-refractivity contribution is 5.85. The second-order valence-electron chi connectivity index (χ2n) is 3.60. The molecule has 1 atom stereocenters. The third-order valence-electron chi connectivity index (χ3n) is 2.42. The van der Waals surface area contributed by atoms with Gasteiger partial charge in [0.25, 0.3) is 0 Å². The molecular weight excluding hydrogens is 166 g/mol. The summed E-state index contributed by atoms with van der Waals surface area (Å²) in [6, 6.07) is 0.552. The van der Waals surface area contributed by atoms with Crippen LogP contribution in [0.15, 0.2) is 4.99 Å². The minimum Gasteiger partial charge on any atom is -0.385 e. The van der Waals surface area contributed by atoms with Gasteiger partial charge in [-0.3, -0.25) is 9.89 Å². The molecular formula is C9H19N3O. The molecule has 1 fully saturated rings. The van der Waals surface area contributed by atoms with Gasteiger partial charge in [0.2, 0.25) is 0 Å². The Hall–Kier alpha value is -0.610. The normalized spacial score (nSPS) is 26.8. The van der Waals surface area contributed by atoms with Crippen LogP contribution in [0.2, 0.25) is 0 Å². The van der Waals surface area contributed by atoms with Gasteiger partial charge in [0, 0.05) is 26.2 Å². The van der Waals surface area contributed by atoms with Crippen LogP contribution in [0.4, 0.5) is 0 Å². The van der Waals surface area contributed by atoms with E-state index >= 15 is 0 Å². The molecule has 1 saturated heterocycles. The second-order valence-corrected chi connectivity index (χ2v) is 3.60. The Labute approximate surface area is 79.8 Å². The molecule has 0 spiro atoms. The molecule has 2 N–H and O–H groups in total. The van der Waals surface area contributed by atoms with Crippen LogP contribution >= 0.6 is 0 Å². The van der Waals surface area contributed by atoms with Crippen LogP contribution < -0.4 is 5.73 Å². The van der Waals surface area contributed by atoms with Crippen LogP contribution in [0, 0.1) is 0 Å². The van der Waals surface area contributed by atoms with Crippen molar-refractivity contribution >= 4 is 5.84 Å². The molecule has 1 heterocycles. The van der Waals surface area contributed by atoms with Crippen LogP contribution in [0.3, 0.4) is 0 Å². The van der Waals surface area contributed by atoms with E-state index < -0.39 is 0 Å². The van der Waals surface area contributed by atoms with Crippen LogP contribution in [0.25, 0.3) is 0 Å². The third-order valence-corrected chi connectivity index (χ3v) is 2.42. The first-order chi connectivity index (χ1) is 6.15. The molecule has 4 heteroatoms. The Balaban J connectivity index is 2.51. The lowest BCUT2D eigenvalue weighted by Gasteiger charge is -2.35. The van der Waals surface area contributed by atoms with E-state index in [-0.39, 0.29) is 6.10 Å². The van der Waals surface area contributed by atoms with E-state index in [1.165, 1.54) is 0 Å². The van der Waals surface area contributed by atoms with E-state index in [1.807, 2.05) is 0 Å². The number of nitrogens with two attached hydrogens (primary N) is 1. The zero-order chi connectivity index (χ0) is 9.84. The third kappa shape index (κ3) is 2.67. The zero-order valence-corrected chi connectivity index (χ0v) is 8.66. The van der Waals surface area contributed by atoms with Crippen molar-refractivity contribution in [1.82, 2.24) is 4.90 Å². The van der Waals surface area contributed by atoms with Crippen LogP contribution in [-0.4, -0.2) is 49.6 Å². The van der Waals surface area contributed by atoms with Crippen molar-refractivity contribution in [1.29, 1.82) is 0 Å². The number of morpholine rings is 1. The predicted octanol–water partition coefficient (Wildman–Crippen LogP) is 0.0826. The Morgan fingerprint density at radius 2 is 2.31 bits per heavy atom. The number of rotatable bonds is 2. The molecule has 1 aliphatic rings. The fraction of sp³-hybridized carbons (Fsp3) is 0.889. The zero-order valence-electron chi connectivity index (χ0n) is 8.66. The molecule has 13 heavy (non-hydrogen) atoms. The quantitative estimate of drug-likeness (QED) is 0.490. The molecule has 76 valence electrons. The van der Waals surface area contributed by atoms with E-state index in [2.05, 4.69) is 23.7 Å². The summed E-state index contributed by atoms with van der Waals surface area (Å²) in [5.41, 5.74) is 5.71. The molecule has 0 aromatic rings. The topological polar surface area (TPSA) is 50.8 Å². The first-order valence-electron chi connectivity index (χ1n) is 4.73. The number of ether oxygens (including phenoxy) is 1. The average molecular weight is 185 g/mol. The van der Waals surface area contributed by atoms with Crippen molar-refractivity contribution in [3.05, 3.63) is 0 Å². The van der Waals surface area contributed by atoms with Crippen molar-refractivity contribution < 1.29 is 4.74 Å². The molecule has 0 bridgehead atoms. The van der Waals surface area contributed by atoms with Crippen LogP contribution in [0.5, 0.6) is 0 Å². The van der Waals surface area contributed by atoms with E-state index in [1.54, 1.807) is 7.05 Å². The molecule has 0 aliphatic carbocycles. The van der Waals surface area contributed by atoms with Gasteiger partial charge in [-0.05, 0) is 13.8 Å². The van der Waals surface area contributed by atoms with Gasteiger partial charge < -0.3 is 10.5 Å². The molecule has 1 unspecified atom stereocenters. The highest BCUT2D eigenvalue weighted by atomic mass is 16.5. The Morgan fingerprint density at radius 1 is 1.62 bits per heavy atom. The van der Waals surface area contributed by atoms with E-state index in [4.69, 9.17) is 10.5 Å². The molecule has 0 saturated carbocycles. The summed E-state index contributed by atoms with van der Waals surface area (Å²) in [4.78, 5) is 6.30. The van der Waals surface area contributed by atoms with Crippen molar-refractivity contribution in [2.75, 3.05) is 26.7 Å². The first kappa shape index (κ1) is 10.5. The van der Waals surface area contributed by atoms with E-state index in [9.17, 15) is 0 Å². The lowest BCUT2D eigenvalue weighted by Crippen LogP contribution is -2.50. The average Bonchev–Trinajstić information content (AvgIpc) is 2.17. The van der Waals surface area contributed by atoms with Crippen molar-refractivity contribution in [2.45, 2.75) is 26.0 Å². The first-order valence-corrected chi connectivity index (χ1v) is 4.73. The fourth-order valence-electron chi connectivity index (χ4n) is 1.46. The minimum atomic E-state index is -0.0128. The predicted molar refractivity (Wildman–Crippen MR) is 54.0 cm³/mol. The molecule has 1 aliphatic heterocycles. The maximum absolute atomic E-state index is 5.71. The monoisotopic (exact) mass is 185 g/mol. The SMILES string of the molecule is CN=C(N)C1CN(C(C)C)CCO1. The van der Waals surface area contributed by atoms with Gasteiger partial charge in [-0.2, -0.15) is 0 Å². The van der Waals surface area contributed by atoms with Crippen LogP contribution in [0.1, 0.15) is 13.8 Å². The van der Waals surface area contributed by atoms with Crippen molar-refractivity contribution in [2.24, 2.45) is 10.7 Å². The molecule has 4 nitrogen and oxygen atoms in total. The Kier molecular flexibility index (Phi) is 3.69. The van der Waals surface area contributed by atoms with Crippen LogP contribution in [-0.2, 0) is 4.74 Å².